The lowest BCUT2D eigenvalue weighted by Crippen LogP contribution is -2.24. The average Bonchev–Trinajstić information content (AvgIpc) is 2.91. The minimum Gasteiger partial charge on any atom is -0.455 e. The van der Waals surface area contributed by atoms with E-state index >= 15 is 0 Å². The van der Waals surface area contributed by atoms with E-state index in [4.69, 9.17) is 4.74 Å². The number of aryl methyl sites for hydroxylation is 3. The largest absolute Gasteiger partial charge is 0.455 e. The molecular formula is C14H21N5O2. The highest BCUT2D eigenvalue weighted by Gasteiger charge is 2.23. The third-order valence-corrected chi connectivity index (χ3v) is 3.05. The van der Waals surface area contributed by atoms with E-state index < -0.39 is 11.6 Å². The first-order chi connectivity index (χ1) is 9.78. The van der Waals surface area contributed by atoms with Gasteiger partial charge in [0.05, 0.1) is 12.2 Å². The summed E-state index contributed by atoms with van der Waals surface area (Å²) in [4.78, 5) is 16.2. The van der Waals surface area contributed by atoms with Crippen LogP contribution in [0.4, 0.5) is 0 Å². The molecule has 0 saturated heterocycles. The standard InChI is InChI=1S/C14H21N5O2/c1-10-12(13(20)21-14(3,4)5)16-17-19(10)9-8-18-7-6-15-11(18)2/h6-7H,8-9H2,1-5H3. The minimum atomic E-state index is -0.540. The highest BCUT2D eigenvalue weighted by atomic mass is 16.6. The Kier molecular flexibility index (Phi) is 4.11. The molecular weight excluding hydrogens is 270 g/mol. The van der Waals surface area contributed by atoms with E-state index in [0.29, 0.717) is 12.2 Å². The van der Waals surface area contributed by atoms with Crippen LogP contribution in [0.15, 0.2) is 12.4 Å². The maximum Gasteiger partial charge on any atom is 0.361 e. The number of nitrogens with zero attached hydrogens (tertiary/aromatic N) is 5. The molecule has 0 atom stereocenters. The van der Waals surface area contributed by atoms with Gasteiger partial charge in [-0.05, 0) is 34.6 Å². The second-order valence-electron chi connectivity index (χ2n) is 5.92. The smallest absolute Gasteiger partial charge is 0.361 e. The molecule has 0 aromatic carbocycles. The molecule has 2 aromatic heterocycles. The van der Waals surface area contributed by atoms with Gasteiger partial charge in [-0.15, -0.1) is 5.10 Å². The Bertz CT molecular complexity index is 636. The summed E-state index contributed by atoms with van der Waals surface area (Å²) in [5.41, 5.74) is 0.440. The molecule has 2 heterocycles. The average molecular weight is 291 g/mol. The molecule has 7 nitrogen and oxygen atoms in total. The highest BCUT2D eigenvalue weighted by molar-refractivity contribution is 5.88. The van der Waals surface area contributed by atoms with Gasteiger partial charge in [-0.3, -0.25) is 0 Å². The quantitative estimate of drug-likeness (QED) is 0.802. The van der Waals surface area contributed by atoms with Gasteiger partial charge in [0.1, 0.15) is 11.4 Å². The van der Waals surface area contributed by atoms with Crippen molar-refractivity contribution < 1.29 is 9.53 Å². The van der Waals surface area contributed by atoms with E-state index in [-0.39, 0.29) is 5.69 Å². The number of hydrogen-bond donors (Lipinski definition) is 0. The molecule has 0 spiro atoms. The molecule has 0 aliphatic heterocycles. The molecule has 0 fully saturated rings. The maximum absolute atomic E-state index is 12.0. The van der Waals surface area contributed by atoms with Crippen LogP contribution in [-0.4, -0.2) is 36.1 Å². The summed E-state index contributed by atoms with van der Waals surface area (Å²) in [7, 11) is 0. The van der Waals surface area contributed by atoms with Gasteiger partial charge in [0.15, 0.2) is 5.69 Å². The fourth-order valence-electron chi connectivity index (χ4n) is 1.93. The summed E-state index contributed by atoms with van der Waals surface area (Å²) in [5.74, 6) is 0.505. The van der Waals surface area contributed by atoms with Crippen molar-refractivity contribution >= 4 is 5.97 Å². The Morgan fingerprint density at radius 1 is 1.29 bits per heavy atom. The van der Waals surface area contributed by atoms with Gasteiger partial charge < -0.3 is 9.30 Å². The molecule has 7 heteroatoms. The first-order valence-electron chi connectivity index (χ1n) is 6.89. The fourth-order valence-corrected chi connectivity index (χ4v) is 1.93. The van der Waals surface area contributed by atoms with Crippen LogP contribution < -0.4 is 0 Å². The molecule has 0 radical (unpaired) electrons. The molecule has 0 saturated carbocycles. The SMILES string of the molecule is Cc1nccn1CCn1nnc(C(=O)OC(C)(C)C)c1C. The van der Waals surface area contributed by atoms with Crippen LogP contribution in [0.2, 0.25) is 0 Å². The number of imidazole rings is 1. The number of aromatic nitrogens is 5. The van der Waals surface area contributed by atoms with Crippen molar-refractivity contribution in [3.05, 3.63) is 29.6 Å². The van der Waals surface area contributed by atoms with E-state index in [1.807, 2.05) is 45.4 Å². The van der Waals surface area contributed by atoms with Gasteiger partial charge in [-0.2, -0.15) is 0 Å². The molecule has 0 unspecified atom stereocenters. The summed E-state index contributed by atoms with van der Waals surface area (Å²) >= 11 is 0. The van der Waals surface area contributed by atoms with E-state index in [1.165, 1.54) is 0 Å². The lowest BCUT2D eigenvalue weighted by Gasteiger charge is -2.18. The third kappa shape index (κ3) is 3.68. The van der Waals surface area contributed by atoms with Gasteiger partial charge in [0, 0.05) is 18.9 Å². The second-order valence-corrected chi connectivity index (χ2v) is 5.92. The second kappa shape index (κ2) is 5.67. The van der Waals surface area contributed by atoms with Gasteiger partial charge in [0.25, 0.3) is 0 Å². The highest BCUT2D eigenvalue weighted by Crippen LogP contribution is 2.13. The predicted molar refractivity (Wildman–Crippen MR) is 76.9 cm³/mol. The van der Waals surface area contributed by atoms with Crippen LogP contribution in [0.25, 0.3) is 0 Å². The van der Waals surface area contributed by atoms with E-state index in [9.17, 15) is 4.79 Å². The van der Waals surface area contributed by atoms with Gasteiger partial charge >= 0.3 is 5.97 Å². The topological polar surface area (TPSA) is 74.8 Å². The zero-order valence-corrected chi connectivity index (χ0v) is 13.1. The Hall–Kier alpha value is -2.18. The molecule has 0 N–H and O–H groups in total. The van der Waals surface area contributed by atoms with Crippen molar-refractivity contribution in [3.8, 4) is 0 Å². The number of esters is 1. The van der Waals surface area contributed by atoms with Crippen molar-refractivity contribution in [1.82, 2.24) is 24.5 Å². The first kappa shape index (κ1) is 15.2. The first-order valence-corrected chi connectivity index (χ1v) is 6.89. The van der Waals surface area contributed by atoms with Crippen LogP contribution in [0, 0.1) is 13.8 Å². The molecule has 0 amide bonds. The molecule has 0 aliphatic carbocycles. The van der Waals surface area contributed by atoms with Crippen LogP contribution >= 0.6 is 0 Å². The lowest BCUT2D eigenvalue weighted by molar-refractivity contribution is 0.00618. The fraction of sp³-hybridized carbons (Fsp3) is 0.571. The zero-order valence-electron chi connectivity index (χ0n) is 13.1. The molecule has 2 aromatic rings. The van der Waals surface area contributed by atoms with Crippen molar-refractivity contribution in [2.75, 3.05) is 0 Å². The van der Waals surface area contributed by atoms with Crippen molar-refractivity contribution in [2.24, 2.45) is 0 Å². The lowest BCUT2D eigenvalue weighted by atomic mass is 10.2. The van der Waals surface area contributed by atoms with E-state index in [2.05, 4.69) is 15.3 Å². The number of ether oxygens (including phenoxy) is 1. The number of rotatable bonds is 4. The molecule has 0 aliphatic rings. The number of hydrogen-bond acceptors (Lipinski definition) is 5. The summed E-state index contributed by atoms with van der Waals surface area (Å²) < 4.78 is 9.05. The van der Waals surface area contributed by atoms with Crippen molar-refractivity contribution in [1.29, 1.82) is 0 Å². The summed E-state index contributed by atoms with van der Waals surface area (Å²) in [5, 5.41) is 7.96. The van der Waals surface area contributed by atoms with Crippen LogP contribution in [-0.2, 0) is 17.8 Å². The predicted octanol–water partition coefficient (Wildman–Crippen LogP) is 1.75. The molecule has 0 bridgehead atoms. The maximum atomic E-state index is 12.0. The summed E-state index contributed by atoms with van der Waals surface area (Å²) in [6.45, 7) is 10.6. The van der Waals surface area contributed by atoms with Crippen molar-refractivity contribution in [2.45, 2.75) is 53.3 Å². The Balaban J connectivity index is 2.07. The third-order valence-electron chi connectivity index (χ3n) is 3.05. The van der Waals surface area contributed by atoms with Gasteiger partial charge in [-0.1, -0.05) is 5.21 Å². The Morgan fingerprint density at radius 3 is 2.57 bits per heavy atom. The Morgan fingerprint density at radius 2 is 2.00 bits per heavy atom. The number of carbonyl (C=O) groups excluding carboxylic acids is 1. The Labute approximate surface area is 123 Å². The molecule has 21 heavy (non-hydrogen) atoms. The van der Waals surface area contributed by atoms with Gasteiger partial charge in [0.2, 0.25) is 0 Å². The van der Waals surface area contributed by atoms with Crippen LogP contribution in [0.3, 0.4) is 0 Å². The van der Waals surface area contributed by atoms with Gasteiger partial charge in [-0.25, -0.2) is 14.5 Å². The van der Waals surface area contributed by atoms with Crippen LogP contribution in [0.5, 0.6) is 0 Å². The molecule has 114 valence electrons. The monoisotopic (exact) mass is 291 g/mol. The molecule has 2 rings (SSSR count). The van der Waals surface area contributed by atoms with Crippen LogP contribution in [0.1, 0.15) is 42.8 Å². The summed E-state index contributed by atoms with van der Waals surface area (Å²) in [6, 6.07) is 0. The number of carbonyl (C=O) groups is 1. The minimum absolute atomic E-state index is 0.271. The zero-order chi connectivity index (χ0) is 15.6. The van der Waals surface area contributed by atoms with Crippen molar-refractivity contribution in [3.63, 3.8) is 0 Å². The van der Waals surface area contributed by atoms with E-state index in [1.54, 1.807) is 10.9 Å². The van der Waals surface area contributed by atoms with E-state index in [0.717, 1.165) is 12.4 Å². The summed E-state index contributed by atoms with van der Waals surface area (Å²) in [6.07, 6.45) is 3.67. The normalized spacial score (nSPS) is 11.7.